The molecule has 2 rings (SSSR count). The Morgan fingerprint density at radius 1 is 1.09 bits per heavy atom. The SMILES string of the molecule is CCOc1cccc(NC(=O)[C@@H](C)Oc2ccc(OC)cc2)c1. The second-order valence-corrected chi connectivity index (χ2v) is 4.89. The maximum atomic E-state index is 12.2. The summed E-state index contributed by atoms with van der Waals surface area (Å²) < 4.78 is 16.1. The molecule has 2 aromatic carbocycles. The minimum atomic E-state index is -0.626. The summed E-state index contributed by atoms with van der Waals surface area (Å²) >= 11 is 0. The molecule has 0 aliphatic carbocycles. The van der Waals surface area contributed by atoms with Crippen molar-refractivity contribution in [1.29, 1.82) is 0 Å². The van der Waals surface area contributed by atoms with Crippen molar-refractivity contribution >= 4 is 11.6 Å². The van der Waals surface area contributed by atoms with E-state index < -0.39 is 6.10 Å². The maximum absolute atomic E-state index is 12.2. The lowest BCUT2D eigenvalue weighted by Gasteiger charge is -2.15. The Bertz CT molecular complexity index is 640. The summed E-state index contributed by atoms with van der Waals surface area (Å²) in [5.74, 6) is 1.84. The van der Waals surface area contributed by atoms with E-state index in [9.17, 15) is 4.79 Å². The second-order valence-electron chi connectivity index (χ2n) is 4.89. The van der Waals surface area contributed by atoms with Crippen LogP contribution in [0.15, 0.2) is 48.5 Å². The van der Waals surface area contributed by atoms with Gasteiger partial charge in [0.1, 0.15) is 17.2 Å². The number of anilines is 1. The van der Waals surface area contributed by atoms with Crippen LogP contribution in [0.2, 0.25) is 0 Å². The first-order valence-electron chi connectivity index (χ1n) is 7.46. The van der Waals surface area contributed by atoms with Gasteiger partial charge >= 0.3 is 0 Å². The predicted octanol–water partition coefficient (Wildman–Crippen LogP) is 3.50. The molecule has 2 aromatic rings. The van der Waals surface area contributed by atoms with Crippen molar-refractivity contribution in [2.75, 3.05) is 19.0 Å². The van der Waals surface area contributed by atoms with Crippen LogP contribution in [0, 0.1) is 0 Å². The van der Waals surface area contributed by atoms with E-state index in [0.29, 0.717) is 23.8 Å². The molecular weight excluding hydrogens is 294 g/mol. The number of hydrogen-bond acceptors (Lipinski definition) is 4. The molecule has 5 heteroatoms. The highest BCUT2D eigenvalue weighted by Crippen LogP contribution is 2.20. The van der Waals surface area contributed by atoms with E-state index in [-0.39, 0.29) is 5.91 Å². The lowest BCUT2D eigenvalue weighted by molar-refractivity contribution is -0.122. The van der Waals surface area contributed by atoms with Gasteiger partial charge in [-0.15, -0.1) is 0 Å². The fraction of sp³-hybridized carbons (Fsp3) is 0.278. The van der Waals surface area contributed by atoms with Crippen LogP contribution in [-0.2, 0) is 4.79 Å². The van der Waals surface area contributed by atoms with E-state index in [2.05, 4.69) is 5.32 Å². The lowest BCUT2D eigenvalue weighted by Crippen LogP contribution is -2.30. The third-order valence-electron chi connectivity index (χ3n) is 3.15. The zero-order valence-electron chi connectivity index (χ0n) is 13.5. The minimum absolute atomic E-state index is 0.227. The summed E-state index contributed by atoms with van der Waals surface area (Å²) in [4.78, 5) is 12.2. The fourth-order valence-electron chi connectivity index (χ4n) is 1.99. The molecule has 0 saturated heterocycles. The number of rotatable bonds is 7. The Kier molecular flexibility index (Phi) is 5.86. The van der Waals surface area contributed by atoms with Gasteiger partial charge in [-0.2, -0.15) is 0 Å². The van der Waals surface area contributed by atoms with E-state index in [4.69, 9.17) is 14.2 Å². The summed E-state index contributed by atoms with van der Waals surface area (Å²) in [5.41, 5.74) is 0.672. The standard InChI is InChI=1S/C18H21NO4/c1-4-22-17-7-5-6-14(12-17)19-18(20)13(2)23-16-10-8-15(21-3)9-11-16/h5-13H,4H2,1-3H3,(H,19,20)/t13-/m1/s1. The van der Waals surface area contributed by atoms with Crippen molar-refractivity contribution in [3.63, 3.8) is 0 Å². The van der Waals surface area contributed by atoms with Crippen LogP contribution in [0.5, 0.6) is 17.2 Å². The molecule has 0 unspecified atom stereocenters. The Balaban J connectivity index is 1.95. The average Bonchev–Trinajstić information content (AvgIpc) is 2.56. The van der Waals surface area contributed by atoms with Crippen molar-refractivity contribution in [2.45, 2.75) is 20.0 Å². The highest BCUT2D eigenvalue weighted by Gasteiger charge is 2.15. The maximum Gasteiger partial charge on any atom is 0.265 e. The van der Waals surface area contributed by atoms with Gasteiger partial charge in [-0.3, -0.25) is 4.79 Å². The van der Waals surface area contributed by atoms with Gasteiger partial charge < -0.3 is 19.5 Å². The third-order valence-corrected chi connectivity index (χ3v) is 3.15. The Morgan fingerprint density at radius 2 is 1.78 bits per heavy atom. The number of methoxy groups -OCH3 is 1. The average molecular weight is 315 g/mol. The summed E-state index contributed by atoms with van der Waals surface area (Å²) in [5, 5.41) is 2.81. The van der Waals surface area contributed by atoms with Gasteiger partial charge in [0.25, 0.3) is 5.91 Å². The van der Waals surface area contributed by atoms with Crippen molar-refractivity contribution < 1.29 is 19.0 Å². The molecule has 122 valence electrons. The molecule has 0 saturated carbocycles. The molecule has 1 atom stereocenters. The molecule has 1 N–H and O–H groups in total. The number of amides is 1. The van der Waals surface area contributed by atoms with Crippen LogP contribution in [0.4, 0.5) is 5.69 Å². The topological polar surface area (TPSA) is 56.8 Å². The number of nitrogens with one attached hydrogen (secondary N) is 1. The van der Waals surface area contributed by atoms with Crippen LogP contribution < -0.4 is 19.5 Å². The van der Waals surface area contributed by atoms with E-state index in [1.54, 1.807) is 50.4 Å². The van der Waals surface area contributed by atoms with E-state index in [0.717, 1.165) is 5.75 Å². The van der Waals surface area contributed by atoms with Gasteiger partial charge in [0.15, 0.2) is 6.10 Å². The van der Waals surface area contributed by atoms with Crippen molar-refractivity contribution in [3.8, 4) is 17.2 Å². The third kappa shape index (κ3) is 4.92. The number of ether oxygens (including phenoxy) is 3. The Morgan fingerprint density at radius 3 is 2.43 bits per heavy atom. The van der Waals surface area contributed by atoms with Gasteiger partial charge in [0, 0.05) is 11.8 Å². The van der Waals surface area contributed by atoms with E-state index in [1.807, 2.05) is 19.1 Å². The number of hydrogen-bond donors (Lipinski definition) is 1. The Hall–Kier alpha value is -2.69. The molecule has 0 aliphatic rings. The fourth-order valence-corrected chi connectivity index (χ4v) is 1.99. The minimum Gasteiger partial charge on any atom is -0.497 e. The van der Waals surface area contributed by atoms with Gasteiger partial charge in [-0.05, 0) is 50.2 Å². The second kappa shape index (κ2) is 8.08. The van der Waals surface area contributed by atoms with Crippen LogP contribution in [0.25, 0.3) is 0 Å². The summed E-state index contributed by atoms with van der Waals surface area (Å²) in [6.07, 6.45) is -0.626. The van der Waals surface area contributed by atoms with Gasteiger partial charge in [-0.25, -0.2) is 0 Å². The normalized spacial score (nSPS) is 11.4. The van der Waals surface area contributed by atoms with E-state index in [1.165, 1.54) is 0 Å². The molecule has 0 spiro atoms. The molecule has 1 amide bonds. The van der Waals surface area contributed by atoms with Crippen molar-refractivity contribution in [2.24, 2.45) is 0 Å². The number of carbonyl (C=O) groups excluding carboxylic acids is 1. The van der Waals surface area contributed by atoms with E-state index >= 15 is 0 Å². The molecule has 0 radical (unpaired) electrons. The van der Waals surface area contributed by atoms with Crippen LogP contribution in [-0.4, -0.2) is 25.7 Å². The quantitative estimate of drug-likeness (QED) is 0.849. The first-order valence-corrected chi connectivity index (χ1v) is 7.46. The van der Waals surface area contributed by atoms with Crippen LogP contribution >= 0.6 is 0 Å². The summed E-state index contributed by atoms with van der Waals surface area (Å²) in [7, 11) is 1.60. The first kappa shape index (κ1) is 16.7. The first-order chi connectivity index (χ1) is 11.1. The number of carbonyl (C=O) groups is 1. The van der Waals surface area contributed by atoms with Crippen LogP contribution in [0.1, 0.15) is 13.8 Å². The molecule has 0 bridgehead atoms. The summed E-state index contributed by atoms with van der Waals surface area (Å²) in [6.45, 7) is 4.19. The van der Waals surface area contributed by atoms with Crippen molar-refractivity contribution in [3.05, 3.63) is 48.5 Å². The zero-order valence-corrected chi connectivity index (χ0v) is 13.5. The smallest absolute Gasteiger partial charge is 0.265 e. The predicted molar refractivity (Wildman–Crippen MR) is 89.3 cm³/mol. The van der Waals surface area contributed by atoms with Crippen molar-refractivity contribution in [1.82, 2.24) is 0 Å². The molecule has 0 aromatic heterocycles. The number of benzene rings is 2. The van der Waals surface area contributed by atoms with Gasteiger partial charge in [-0.1, -0.05) is 6.07 Å². The molecule has 23 heavy (non-hydrogen) atoms. The Labute approximate surface area is 136 Å². The molecule has 0 heterocycles. The highest BCUT2D eigenvalue weighted by molar-refractivity contribution is 5.94. The van der Waals surface area contributed by atoms with Gasteiger partial charge in [0.2, 0.25) is 0 Å². The van der Waals surface area contributed by atoms with Gasteiger partial charge in [0.05, 0.1) is 13.7 Å². The lowest BCUT2D eigenvalue weighted by atomic mass is 10.2. The monoisotopic (exact) mass is 315 g/mol. The zero-order chi connectivity index (χ0) is 16.7. The molecular formula is C18H21NO4. The molecule has 0 aliphatic heterocycles. The highest BCUT2D eigenvalue weighted by atomic mass is 16.5. The molecule has 0 fully saturated rings. The summed E-state index contributed by atoms with van der Waals surface area (Å²) in [6, 6.07) is 14.3. The van der Waals surface area contributed by atoms with Crippen LogP contribution in [0.3, 0.4) is 0 Å². The molecule has 5 nitrogen and oxygen atoms in total. The largest absolute Gasteiger partial charge is 0.497 e.